The van der Waals surface area contributed by atoms with Crippen molar-refractivity contribution in [3.8, 4) is 0 Å². The van der Waals surface area contributed by atoms with Crippen LogP contribution in [0.1, 0.15) is 67.5 Å². The fourth-order valence-electron chi connectivity index (χ4n) is 3.72. The van der Waals surface area contributed by atoms with Gasteiger partial charge in [0.1, 0.15) is 11.5 Å². The zero-order chi connectivity index (χ0) is 16.7. The van der Waals surface area contributed by atoms with Gasteiger partial charge < -0.3 is 13.8 Å². The Bertz CT molecular complexity index is 733. The Morgan fingerprint density at radius 3 is 2.92 bits per heavy atom. The van der Waals surface area contributed by atoms with Crippen molar-refractivity contribution in [3.63, 3.8) is 0 Å². The van der Waals surface area contributed by atoms with Gasteiger partial charge in [0.25, 0.3) is 0 Å². The van der Waals surface area contributed by atoms with Crippen molar-refractivity contribution >= 4 is 5.91 Å². The van der Waals surface area contributed by atoms with E-state index in [-0.39, 0.29) is 11.9 Å². The third-order valence-electron chi connectivity index (χ3n) is 5.29. The lowest BCUT2D eigenvalue weighted by atomic mass is 10.1. The van der Waals surface area contributed by atoms with E-state index in [1.807, 2.05) is 24.0 Å². The summed E-state index contributed by atoms with van der Waals surface area (Å²) in [5.74, 6) is 4.31. The number of nitrogens with zero attached hydrogens (tertiary/aromatic N) is 2. The minimum atomic E-state index is 0.0400. The summed E-state index contributed by atoms with van der Waals surface area (Å²) in [5.41, 5.74) is 0.863. The number of aryl methyl sites for hydroxylation is 2. The second kappa shape index (κ2) is 6.11. The normalized spacial score (nSPS) is 26.1. The van der Waals surface area contributed by atoms with Crippen LogP contribution < -0.4 is 0 Å². The van der Waals surface area contributed by atoms with Gasteiger partial charge in [-0.2, -0.15) is 0 Å². The van der Waals surface area contributed by atoms with E-state index in [2.05, 4.69) is 18.1 Å². The molecular weight excluding hydrogens is 304 g/mol. The Labute approximate surface area is 142 Å². The molecular formula is C19H24N2O3. The maximum absolute atomic E-state index is 12.6. The van der Waals surface area contributed by atoms with Crippen LogP contribution >= 0.6 is 0 Å². The van der Waals surface area contributed by atoms with Crippen molar-refractivity contribution in [2.24, 2.45) is 5.92 Å². The molecule has 2 aromatic heterocycles. The van der Waals surface area contributed by atoms with E-state index in [1.54, 1.807) is 0 Å². The largest absolute Gasteiger partial charge is 0.466 e. The summed E-state index contributed by atoms with van der Waals surface area (Å²) >= 11 is 0. The van der Waals surface area contributed by atoms with Crippen molar-refractivity contribution in [2.75, 3.05) is 6.54 Å². The lowest BCUT2D eigenvalue weighted by molar-refractivity contribution is -0.132. The molecule has 0 unspecified atom stereocenters. The van der Waals surface area contributed by atoms with E-state index >= 15 is 0 Å². The van der Waals surface area contributed by atoms with Gasteiger partial charge in [-0.25, -0.2) is 0 Å². The highest BCUT2D eigenvalue weighted by atomic mass is 16.5. The maximum Gasteiger partial charge on any atom is 0.223 e. The molecule has 2 aliphatic rings. The highest BCUT2D eigenvalue weighted by Gasteiger charge is 2.36. The smallest absolute Gasteiger partial charge is 0.223 e. The first-order chi connectivity index (χ1) is 11.6. The van der Waals surface area contributed by atoms with Crippen LogP contribution in [0.15, 0.2) is 27.1 Å². The van der Waals surface area contributed by atoms with Gasteiger partial charge >= 0.3 is 0 Å². The summed E-state index contributed by atoms with van der Waals surface area (Å²) in [7, 11) is 0. The van der Waals surface area contributed by atoms with Gasteiger partial charge in [-0.05, 0) is 44.2 Å². The number of carbonyl (C=O) groups is 1. The van der Waals surface area contributed by atoms with Crippen LogP contribution in [-0.2, 0) is 11.2 Å². The molecule has 5 heteroatoms. The van der Waals surface area contributed by atoms with Crippen molar-refractivity contribution in [1.82, 2.24) is 10.1 Å². The quantitative estimate of drug-likeness (QED) is 0.832. The molecule has 3 heterocycles. The molecule has 128 valence electrons. The molecule has 0 spiro atoms. The summed E-state index contributed by atoms with van der Waals surface area (Å²) in [6.45, 7) is 4.95. The molecule has 0 radical (unpaired) electrons. The molecule has 0 aromatic carbocycles. The Kier molecular flexibility index (Phi) is 3.94. The number of aromatic nitrogens is 1. The van der Waals surface area contributed by atoms with Crippen LogP contribution in [0.5, 0.6) is 0 Å². The van der Waals surface area contributed by atoms with Gasteiger partial charge in [-0.3, -0.25) is 4.79 Å². The number of furan rings is 1. The molecule has 0 N–H and O–H groups in total. The zero-order valence-corrected chi connectivity index (χ0v) is 14.3. The van der Waals surface area contributed by atoms with Gasteiger partial charge in [0.05, 0.1) is 11.7 Å². The summed E-state index contributed by atoms with van der Waals surface area (Å²) in [5, 5.41) is 3.95. The van der Waals surface area contributed by atoms with E-state index in [9.17, 15) is 4.79 Å². The van der Waals surface area contributed by atoms with Crippen LogP contribution in [0.4, 0.5) is 0 Å². The second-order valence-electron chi connectivity index (χ2n) is 7.24. The molecule has 0 bridgehead atoms. The summed E-state index contributed by atoms with van der Waals surface area (Å²) in [4.78, 5) is 14.6. The van der Waals surface area contributed by atoms with E-state index in [1.165, 1.54) is 6.42 Å². The van der Waals surface area contributed by atoms with Crippen LogP contribution in [0.2, 0.25) is 0 Å². The average Bonchev–Trinajstić information content (AvgIpc) is 3.03. The summed E-state index contributed by atoms with van der Waals surface area (Å²) in [6, 6.07) is 6.07. The fourth-order valence-corrected chi connectivity index (χ4v) is 3.72. The molecule has 1 aliphatic heterocycles. The maximum atomic E-state index is 12.6. The predicted octanol–water partition coefficient (Wildman–Crippen LogP) is 4.00. The van der Waals surface area contributed by atoms with E-state index in [0.29, 0.717) is 18.8 Å². The Hall–Kier alpha value is -2.04. The van der Waals surface area contributed by atoms with Gasteiger partial charge in [-0.15, -0.1) is 0 Å². The monoisotopic (exact) mass is 328 g/mol. The molecule has 1 saturated carbocycles. The predicted molar refractivity (Wildman–Crippen MR) is 88.5 cm³/mol. The van der Waals surface area contributed by atoms with Crippen LogP contribution in [0.25, 0.3) is 0 Å². The van der Waals surface area contributed by atoms with Gasteiger partial charge in [0.15, 0.2) is 5.76 Å². The third kappa shape index (κ3) is 2.99. The molecule has 1 aliphatic carbocycles. The molecule has 4 rings (SSSR count). The molecule has 2 aromatic rings. The average molecular weight is 328 g/mol. The van der Waals surface area contributed by atoms with Crippen molar-refractivity contribution in [2.45, 2.75) is 57.9 Å². The van der Waals surface area contributed by atoms with Gasteiger partial charge in [0, 0.05) is 31.4 Å². The summed E-state index contributed by atoms with van der Waals surface area (Å²) in [6.07, 6.45) is 4.33. The van der Waals surface area contributed by atoms with Crippen molar-refractivity contribution in [3.05, 3.63) is 41.2 Å². The molecule has 3 atom stereocenters. The first kappa shape index (κ1) is 15.5. The topological polar surface area (TPSA) is 59.5 Å². The number of rotatable bonds is 5. The van der Waals surface area contributed by atoms with Crippen LogP contribution in [0, 0.1) is 12.8 Å². The zero-order valence-electron chi connectivity index (χ0n) is 14.3. The molecule has 1 saturated heterocycles. The number of hydrogen-bond donors (Lipinski definition) is 0. The minimum absolute atomic E-state index is 0.0400. The molecule has 24 heavy (non-hydrogen) atoms. The Morgan fingerprint density at radius 1 is 1.38 bits per heavy atom. The Balaban J connectivity index is 1.36. The first-order valence-corrected chi connectivity index (χ1v) is 8.93. The van der Waals surface area contributed by atoms with E-state index < -0.39 is 0 Å². The lowest BCUT2D eigenvalue weighted by Gasteiger charge is -2.22. The standard InChI is InChI=1S/C19H24N2O3/c1-12-10-15(12)17-7-5-14(23-17)6-8-19(22)21-9-3-4-16(21)18-11-13(2)20-24-18/h5,7,11-12,15-16H,3-4,6,8-10H2,1-2H3/t12-,15-,16-/m0/s1. The van der Waals surface area contributed by atoms with E-state index in [4.69, 9.17) is 8.94 Å². The van der Waals surface area contributed by atoms with Gasteiger partial charge in [0.2, 0.25) is 5.91 Å². The van der Waals surface area contributed by atoms with E-state index in [0.717, 1.165) is 48.3 Å². The fraction of sp³-hybridized carbons (Fsp3) is 0.579. The number of amides is 1. The number of carbonyl (C=O) groups excluding carboxylic acids is 1. The lowest BCUT2D eigenvalue weighted by Crippen LogP contribution is -2.30. The minimum Gasteiger partial charge on any atom is -0.466 e. The number of hydrogen-bond acceptors (Lipinski definition) is 4. The third-order valence-corrected chi connectivity index (χ3v) is 5.29. The Morgan fingerprint density at radius 2 is 2.21 bits per heavy atom. The highest BCUT2D eigenvalue weighted by Crippen LogP contribution is 2.47. The summed E-state index contributed by atoms with van der Waals surface area (Å²) < 4.78 is 11.3. The van der Waals surface area contributed by atoms with Crippen LogP contribution in [0.3, 0.4) is 0 Å². The second-order valence-corrected chi connectivity index (χ2v) is 7.24. The van der Waals surface area contributed by atoms with Gasteiger partial charge in [-0.1, -0.05) is 12.1 Å². The van der Waals surface area contributed by atoms with Crippen molar-refractivity contribution in [1.29, 1.82) is 0 Å². The molecule has 1 amide bonds. The number of likely N-dealkylation sites (tertiary alicyclic amines) is 1. The highest BCUT2D eigenvalue weighted by molar-refractivity contribution is 5.77. The van der Waals surface area contributed by atoms with Crippen LogP contribution in [-0.4, -0.2) is 22.5 Å². The molecule has 5 nitrogen and oxygen atoms in total. The molecule has 2 fully saturated rings. The van der Waals surface area contributed by atoms with Crippen molar-refractivity contribution < 1.29 is 13.7 Å². The first-order valence-electron chi connectivity index (χ1n) is 8.93. The SMILES string of the molecule is Cc1cc([C@@H]2CCCN2C(=O)CCc2ccc([C@H]3C[C@@H]3C)o2)on1.